The first-order chi connectivity index (χ1) is 8.66. The second kappa shape index (κ2) is 6.07. The lowest BCUT2D eigenvalue weighted by Crippen LogP contribution is -2.18. The number of halogens is 2. The van der Waals surface area contributed by atoms with Gasteiger partial charge in [-0.2, -0.15) is 0 Å². The highest BCUT2D eigenvalue weighted by Gasteiger charge is 2.05. The fraction of sp³-hybridized carbons (Fsp3) is 0.214. The van der Waals surface area contributed by atoms with Crippen LogP contribution in [-0.4, -0.2) is 4.98 Å². The predicted octanol–water partition coefficient (Wildman–Crippen LogP) is 3.83. The summed E-state index contributed by atoms with van der Waals surface area (Å²) in [5.74, 6) is -0.233. The van der Waals surface area contributed by atoms with Gasteiger partial charge in [-0.1, -0.05) is 12.1 Å². The third kappa shape index (κ3) is 3.37. The lowest BCUT2D eigenvalue weighted by Gasteiger charge is -2.13. The van der Waals surface area contributed by atoms with E-state index in [1.54, 1.807) is 12.3 Å². The van der Waals surface area contributed by atoms with Gasteiger partial charge in [0.25, 0.3) is 0 Å². The zero-order valence-corrected chi connectivity index (χ0v) is 11.6. The first-order valence-corrected chi connectivity index (χ1v) is 6.53. The molecule has 0 aliphatic rings. The van der Waals surface area contributed by atoms with Gasteiger partial charge in [0.1, 0.15) is 5.82 Å². The molecule has 0 amide bonds. The standard InChI is InChI=1S/C14H14BrFN2/c1-10(12-3-2-6-17-9-12)18-8-11-4-5-13(15)14(16)7-11/h2-7,9-10,18H,8H2,1H3/t10-/m0/s1. The van der Waals surface area contributed by atoms with Crippen LogP contribution >= 0.6 is 15.9 Å². The van der Waals surface area contributed by atoms with Crippen molar-refractivity contribution >= 4 is 15.9 Å². The number of hydrogen-bond donors (Lipinski definition) is 1. The molecule has 2 rings (SSSR count). The van der Waals surface area contributed by atoms with Crippen LogP contribution < -0.4 is 5.32 Å². The number of aromatic nitrogens is 1. The van der Waals surface area contributed by atoms with Gasteiger partial charge in [-0.3, -0.25) is 4.98 Å². The summed E-state index contributed by atoms with van der Waals surface area (Å²) in [6, 6.07) is 9.27. The molecule has 4 heteroatoms. The number of nitrogens with one attached hydrogen (secondary N) is 1. The van der Waals surface area contributed by atoms with E-state index in [1.165, 1.54) is 6.07 Å². The molecule has 0 bridgehead atoms. The van der Waals surface area contributed by atoms with Gasteiger partial charge >= 0.3 is 0 Å². The maximum atomic E-state index is 13.3. The van der Waals surface area contributed by atoms with Gasteiger partial charge in [0.15, 0.2) is 0 Å². The van der Waals surface area contributed by atoms with Crippen molar-refractivity contribution in [3.8, 4) is 0 Å². The van der Waals surface area contributed by atoms with E-state index in [0.717, 1.165) is 11.1 Å². The molecule has 0 saturated heterocycles. The summed E-state index contributed by atoms with van der Waals surface area (Å²) in [5, 5.41) is 3.34. The Hall–Kier alpha value is -1.26. The summed E-state index contributed by atoms with van der Waals surface area (Å²) in [7, 11) is 0. The van der Waals surface area contributed by atoms with Crippen LogP contribution in [-0.2, 0) is 6.54 Å². The Morgan fingerprint density at radius 1 is 1.39 bits per heavy atom. The number of benzene rings is 1. The highest BCUT2D eigenvalue weighted by Crippen LogP contribution is 2.17. The molecule has 94 valence electrons. The Morgan fingerprint density at radius 3 is 2.89 bits per heavy atom. The monoisotopic (exact) mass is 308 g/mol. The highest BCUT2D eigenvalue weighted by atomic mass is 79.9. The molecule has 0 aliphatic carbocycles. The van der Waals surface area contributed by atoms with Gasteiger partial charge in [-0.05, 0) is 52.2 Å². The molecule has 18 heavy (non-hydrogen) atoms. The van der Waals surface area contributed by atoms with Crippen LogP contribution in [0.25, 0.3) is 0 Å². The molecular weight excluding hydrogens is 295 g/mol. The molecule has 1 N–H and O–H groups in total. The highest BCUT2D eigenvalue weighted by molar-refractivity contribution is 9.10. The van der Waals surface area contributed by atoms with Crippen LogP contribution in [0.1, 0.15) is 24.1 Å². The fourth-order valence-corrected chi connectivity index (χ4v) is 1.92. The number of pyridine rings is 1. The van der Waals surface area contributed by atoms with E-state index in [1.807, 2.05) is 24.4 Å². The topological polar surface area (TPSA) is 24.9 Å². The fourth-order valence-electron chi connectivity index (χ4n) is 1.67. The van der Waals surface area contributed by atoms with Crippen molar-refractivity contribution in [2.45, 2.75) is 19.5 Å². The van der Waals surface area contributed by atoms with Gasteiger partial charge in [-0.15, -0.1) is 0 Å². The van der Waals surface area contributed by atoms with E-state index in [-0.39, 0.29) is 11.9 Å². The minimum Gasteiger partial charge on any atom is -0.306 e. The van der Waals surface area contributed by atoms with Crippen molar-refractivity contribution in [2.24, 2.45) is 0 Å². The smallest absolute Gasteiger partial charge is 0.137 e. The van der Waals surface area contributed by atoms with Crippen LogP contribution in [0.4, 0.5) is 4.39 Å². The van der Waals surface area contributed by atoms with E-state index in [9.17, 15) is 4.39 Å². The minimum absolute atomic E-state index is 0.186. The zero-order valence-electron chi connectivity index (χ0n) is 10.0. The summed E-state index contributed by atoms with van der Waals surface area (Å²) in [5.41, 5.74) is 2.04. The largest absolute Gasteiger partial charge is 0.306 e. The third-order valence-corrected chi connectivity index (χ3v) is 3.42. The van der Waals surface area contributed by atoms with Gasteiger partial charge in [0.05, 0.1) is 4.47 Å². The van der Waals surface area contributed by atoms with Gasteiger partial charge < -0.3 is 5.32 Å². The zero-order chi connectivity index (χ0) is 13.0. The van der Waals surface area contributed by atoms with Gasteiger partial charge in [0, 0.05) is 25.0 Å². The summed E-state index contributed by atoms with van der Waals surface area (Å²) in [4.78, 5) is 4.08. The van der Waals surface area contributed by atoms with Crippen LogP contribution in [0.15, 0.2) is 47.2 Å². The molecule has 1 heterocycles. The second-order valence-corrected chi connectivity index (χ2v) is 4.99. The second-order valence-electron chi connectivity index (χ2n) is 4.14. The van der Waals surface area contributed by atoms with E-state index >= 15 is 0 Å². The molecule has 0 unspecified atom stereocenters. The minimum atomic E-state index is -0.233. The van der Waals surface area contributed by atoms with Crippen molar-refractivity contribution in [3.63, 3.8) is 0 Å². The Labute approximate surface area is 114 Å². The van der Waals surface area contributed by atoms with Crippen molar-refractivity contribution < 1.29 is 4.39 Å². The molecule has 2 nitrogen and oxygen atoms in total. The van der Waals surface area contributed by atoms with Crippen molar-refractivity contribution in [1.82, 2.24) is 10.3 Å². The van der Waals surface area contributed by atoms with Crippen molar-refractivity contribution in [2.75, 3.05) is 0 Å². The molecule has 0 spiro atoms. The Kier molecular flexibility index (Phi) is 4.44. The van der Waals surface area contributed by atoms with E-state index < -0.39 is 0 Å². The maximum Gasteiger partial charge on any atom is 0.137 e. The van der Waals surface area contributed by atoms with Gasteiger partial charge in [0.2, 0.25) is 0 Å². The average Bonchev–Trinajstić information content (AvgIpc) is 2.41. The van der Waals surface area contributed by atoms with Crippen LogP contribution in [0.5, 0.6) is 0 Å². The van der Waals surface area contributed by atoms with E-state index in [0.29, 0.717) is 11.0 Å². The number of nitrogens with zero attached hydrogens (tertiary/aromatic N) is 1. The lowest BCUT2D eigenvalue weighted by atomic mass is 10.1. The molecule has 1 aromatic carbocycles. The van der Waals surface area contributed by atoms with Crippen molar-refractivity contribution in [1.29, 1.82) is 0 Å². The third-order valence-electron chi connectivity index (χ3n) is 2.78. The molecular formula is C14H14BrFN2. The average molecular weight is 309 g/mol. The van der Waals surface area contributed by atoms with Crippen LogP contribution in [0.2, 0.25) is 0 Å². The molecule has 0 aliphatic heterocycles. The SMILES string of the molecule is C[C@H](NCc1ccc(Br)c(F)c1)c1cccnc1. The molecule has 1 atom stereocenters. The van der Waals surface area contributed by atoms with Gasteiger partial charge in [-0.25, -0.2) is 4.39 Å². The quantitative estimate of drug-likeness (QED) is 0.928. The Morgan fingerprint density at radius 2 is 2.22 bits per heavy atom. The Bertz CT molecular complexity index is 516. The lowest BCUT2D eigenvalue weighted by molar-refractivity contribution is 0.567. The molecule has 0 saturated carbocycles. The molecule has 0 radical (unpaired) electrons. The maximum absolute atomic E-state index is 13.3. The number of hydrogen-bond acceptors (Lipinski definition) is 2. The normalized spacial score (nSPS) is 12.4. The molecule has 1 aromatic heterocycles. The van der Waals surface area contributed by atoms with Crippen LogP contribution in [0, 0.1) is 5.82 Å². The van der Waals surface area contributed by atoms with E-state index in [2.05, 4.69) is 33.2 Å². The van der Waals surface area contributed by atoms with E-state index in [4.69, 9.17) is 0 Å². The predicted molar refractivity (Wildman–Crippen MR) is 73.6 cm³/mol. The summed E-state index contributed by atoms with van der Waals surface area (Å²) >= 11 is 3.14. The number of rotatable bonds is 4. The molecule has 0 fully saturated rings. The first kappa shape index (κ1) is 13.2. The summed E-state index contributed by atoms with van der Waals surface area (Å²) < 4.78 is 13.8. The summed E-state index contributed by atoms with van der Waals surface area (Å²) in [6.45, 7) is 2.69. The van der Waals surface area contributed by atoms with Crippen molar-refractivity contribution in [3.05, 3.63) is 64.1 Å². The van der Waals surface area contributed by atoms with Crippen LogP contribution in [0.3, 0.4) is 0 Å². The Balaban J connectivity index is 1.97. The summed E-state index contributed by atoms with van der Waals surface area (Å²) in [6.07, 6.45) is 3.58. The first-order valence-electron chi connectivity index (χ1n) is 5.74. The molecule has 2 aromatic rings.